The van der Waals surface area contributed by atoms with Crippen molar-refractivity contribution in [2.75, 3.05) is 12.4 Å². The minimum Gasteiger partial charge on any atom is -0.504 e. The van der Waals surface area contributed by atoms with Gasteiger partial charge in [0.1, 0.15) is 0 Å². The Bertz CT molecular complexity index is 597. The predicted octanol–water partition coefficient (Wildman–Crippen LogP) is 1.82. The number of amides is 1. The molecule has 6 heteroatoms. The quantitative estimate of drug-likeness (QED) is 0.878. The number of carbonyl (C=O) groups excluding carboxylic acids is 1. The van der Waals surface area contributed by atoms with Crippen LogP contribution in [0.1, 0.15) is 6.92 Å². The highest BCUT2D eigenvalue weighted by molar-refractivity contribution is 5.87. The normalized spacial score (nSPS) is 10.0. The van der Waals surface area contributed by atoms with Crippen molar-refractivity contribution < 1.29 is 14.6 Å². The highest BCUT2D eigenvalue weighted by Crippen LogP contribution is 2.30. The van der Waals surface area contributed by atoms with E-state index >= 15 is 0 Å². The van der Waals surface area contributed by atoms with Crippen LogP contribution in [0.15, 0.2) is 30.6 Å². The molecule has 0 bridgehead atoms. The molecular formula is C13H13N3O3. The summed E-state index contributed by atoms with van der Waals surface area (Å²) in [6.07, 6.45) is 3.01. The molecule has 0 aliphatic carbocycles. The lowest BCUT2D eigenvalue weighted by Gasteiger charge is -2.06. The molecule has 0 saturated carbocycles. The van der Waals surface area contributed by atoms with Gasteiger partial charge in [-0.15, -0.1) is 0 Å². The maximum atomic E-state index is 10.9. The van der Waals surface area contributed by atoms with Crippen LogP contribution in [0.25, 0.3) is 11.3 Å². The molecular weight excluding hydrogens is 246 g/mol. The Morgan fingerprint density at radius 2 is 2.11 bits per heavy atom. The summed E-state index contributed by atoms with van der Waals surface area (Å²) in [5.74, 6) is 0.620. The molecule has 1 amide bonds. The van der Waals surface area contributed by atoms with Crippen LogP contribution in [0.4, 0.5) is 5.82 Å². The molecule has 0 atom stereocenters. The van der Waals surface area contributed by atoms with Gasteiger partial charge < -0.3 is 15.2 Å². The van der Waals surface area contributed by atoms with E-state index in [1.807, 2.05) is 0 Å². The van der Waals surface area contributed by atoms with Crippen LogP contribution in [0, 0.1) is 0 Å². The molecule has 2 rings (SSSR count). The van der Waals surface area contributed by atoms with Gasteiger partial charge in [-0.1, -0.05) is 0 Å². The number of hydrogen-bond donors (Lipinski definition) is 2. The zero-order valence-electron chi connectivity index (χ0n) is 10.5. The van der Waals surface area contributed by atoms with Crippen LogP contribution < -0.4 is 10.1 Å². The second kappa shape index (κ2) is 5.34. The summed E-state index contributed by atoms with van der Waals surface area (Å²) in [5.41, 5.74) is 1.38. The summed E-state index contributed by atoms with van der Waals surface area (Å²) >= 11 is 0. The number of phenols is 1. The fourth-order valence-corrected chi connectivity index (χ4v) is 1.56. The van der Waals surface area contributed by atoms with Crippen LogP contribution in [0.5, 0.6) is 11.5 Å². The van der Waals surface area contributed by atoms with Crippen LogP contribution in [-0.4, -0.2) is 28.1 Å². The van der Waals surface area contributed by atoms with Crippen molar-refractivity contribution >= 4 is 11.7 Å². The van der Waals surface area contributed by atoms with Crippen LogP contribution in [0.2, 0.25) is 0 Å². The number of phenolic OH excluding ortho intramolecular Hbond substituents is 1. The molecule has 0 saturated heterocycles. The van der Waals surface area contributed by atoms with Gasteiger partial charge in [-0.3, -0.25) is 9.78 Å². The third-order valence-electron chi connectivity index (χ3n) is 2.43. The van der Waals surface area contributed by atoms with Crippen molar-refractivity contribution in [2.24, 2.45) is 0 Å². The zero-order valence-corrected chi connectivity index (χ0v) is 10.5. The Kier molecular flexibility index (Phi) is 3.61. The van der Waals surface area contributed by atoms with E-state index < -0.39 is 0 Å². The Morgan fingerprint density at radius 3 is 2.68 bits per heavy atom. The summed E-state index contributed by atoms with van der Waals surface area (Å²) in [7, 11) is 1.48. The minimum absolute atomic E-state index is 0.0640. The molecule has 19 heavy (non-hydrogen) atoms. The van der Waals surface area contributed by atoms with Gasteiger partial charge in [0.05, 0.1) is 25.2 Å². The van der Waals surface area contributed by atoms with E-state index in [4.69, 9.17) is 4.74 Å². The molecule has 0 aliphatic heterocycles. The van der Waals surface area contributed by atoms with E-state index in [1.165, 1.54) is 32.5 Å². The summed E-state index contributed by atoms with van der Waals surface area (Å²) in [5, 5.41) is 12.1. The number of nitrogens with zero attached hydrogens (tertiary/aromatic N) is 2. The first-order valence-electron chi connectivity index (χ1n) is 5.57. The van der Waals surface area contributed by atoms with Gasteiger partial charge in [0, 0.05) is 12.5 Å². The molecule has 98 valence electrons. The first kappa shape index (κ1) is 12.8. The number of aromatic hydroxyl groups is 1. The number of anilines is 1. The molecule has 2 aromatic rings. The number of carbonyl (C=O) groups is 1. The lowest BCUT2D eigenvalue weighted by molar-refractivity contribution is -0.114. The average Bonchev–Trinajstić information content (AvgIpc) is 2.40. The van der Waals surface area contributed by atoms with E-state index in [9.17, 15) is 9.90 Å². The number of nitrogens with one attached hydrogen (secondary N) is 1. The standard InChI is InChI=1S/C13H13N3O3/c1-8(17)16-13-7-14-10(6-15-13)9-3-4-11(18)12(5-9)19-2/h3-7,18H,1-2H3,(H,15,16,17). The molecule has 6 nitrogen and oxygen atoms in total. The van der Waals surface area contributed by atoms with Crippen molar-refractivity contribution in [1.82, 2.24) is 9.97 Å². The summed E-state index contributed by atoms with van der Waals surface area (Å²) in [4.78, 5) is 19.1. The molecule has 0 unspecified atom stereocenters. The number of hydrogen-bond acceptors (Lipinski definition) is 5. The molecule has 0 aliphatic rings. The van der Waals surface area contributed by atoms with Crippen molar-refractivity contribution in [2.45, 2.75) is 6.92 Å². The van der Waals surface area contributed by atoms with Crippen LogP contribution >= 0.6 is 0 Å². The van der Waals surface area contributed by atoms with E-state index in [2.05, 4.69) is 15.3 Å². The molecule has 1 aromatic carbocycles. The Balaban J connectivity index is 2.29. The maximum Gasteiger partial charge on any atom is 0.222 e. The van der Waals surface area contributed by atoms with Crippen molar-refractivity contribution in [3.8, 4) is 22.8 Å². The first-order chi connectivity index (χ1) is 9.10. The van der Waals surface area contributed by atoms with Gasteiger partial charge in [-0.25, -0.2) is 4.98 Å². The van der Waals surface area contributed by atoms with E-state index in [1.54, 1.807) is 12.1 Å². The lowest BCUT2D eigenvalue weighted by atomic mass is 10.1. The number of rotatable bonds is 3. The number of ether oxygens (including phenoxy) is 1. The summed E-state index contributed by atoms with van der Waals surface area (Å²) < 4.78 is 5.03. The van der Waals surface area contributed by atoms with Crippen molar-refractivity contribution in [1.29, 1.82) is 0 Å². The fourth-order valence-electron chi connectivity index (χ4n) is 1.56. The largest absolute Gasteiger partial charge is 0.504 e. The Morgan fingerprint density at radius 1 is 1.32 bits per heavy atom. The van der Waals surface area contributed by atoms with Gasteiger partial charge in [0.2, 0.25) is 5.91 Å². The second-order valence-corrected chi connectivity index (χ2v) is 3.85. The summed E-state index contributed by atoms with van der Waals surface area (Å²) in [6.45, 7) is 1.40. The maximum absolute atomic E-state index is 10.9. The van der Waals surface area contributed by atoms with E-state index in [-0.39, 0.29) is 11.7 Å². The van der Waals surface area contributed by atoms with E-state index in [0.29, 0.717) is 17.3 Å². The number of methoxy groups -OCH3 is 1. The third kappa shape index (κ3) is 2.98. The number of aromatic nitrogens is 2. The van der Waals surface area contributed by atoms with Gasteiger partial charge >= 0.3 is 0 Å². The van der Waals surface area contributed by atoms with E-state index in [0.717, 1.165) is 5.56 Å². The molecule has 1 aromatic heterocycles. The molecule has 0 fully saturated rings. The van der Waals surface area contributed by atoms with Gasteiger partial charge in [0.25, 0.3) is 0 Å². The highest BCUT2D eigenvalue weighted by Gasteiger charge is 2.06. The smallest absolute Gasteiger partial charge is 0.222 e. The Hall–Kier alpha value is -2.63. The Labute approximate surface area is 110 Å². The average molecular weight is 259 g/mol. The SMILES string of the molecule is COc1cc(-c2cnc(NC(C)=O)cn2)ccc1O. The monoisotopic (exact) mass is 259 g/mol. The van der Waals surface area contributed by atoms with Gasteiger partial charge in [-0.05, 0) is 18.2 Å². The van der Waals surface area contributed by atoms with Crippen molar-refractivity contribution in [3.63, 3.8) is 0 Å². The van der Waals surface area contributed by atoms with Crippen molar-refractivity contribution in [3.05, 3.63) is 30.6 Å². The lowest BCUT2D eigenvalue weighted by Crippen LogP contribution is -2.07. The zero-order chi connectivity index (χ0) is 13.8. The van der Waals surface area contributed by atoms with Crippen LogP contribution in [0.3, 0.4) is 0 Å². The first-order valence-corrected chi connectivity index (χ1v) is 5.57. The third-order valence-corrected chi connectivity index (χ3v) is 2.43. The fraction of sp³-hybridized carbons (Fsp3) is 0.154. The molecule has 0 spiro atoms. The minimum atomic E-state index is -0.201. The molecule has 1 heterocycles. The van der Waals surface area contributed by atoms with Gasteiger partial charge in [0.15, 0.2) is 17.3 Å². The topological polar surface area (TPSA) is 84.3 Å². The second-order valence-electron chi connectivity index (χ2n) is 3.85. The van der Waals surface area contributed by atoms with Gasteiger partial charge in [-0.2, -0.15) is 0 Å². The van der Waals surface area contributed by atoms with Crippen LogP contribution in [-0.2, 0) is 4.79 Å². The highest BCUT2D eigenvalue weighted by atomic mass is 16.5. The molecule has 0 radical (unpaired) electrons. The number of benzene rings is 1. The summed E-state index contributed by atoms with van der Waals surface area (Å²) in [6, 6.07) is 4.90. The molecule has 2 N–H and O–H groups in total. The predicted molar refractivity (Wildman–Crippen MR) is 70.0 cm³/mol.